The first-order valence-corrected chi connectivity index (χ1v) is 8.51. The predicted octanol–water partition coefficient (Wildman–Crippen LogP) is 2.26. The Hall–Kier alpha value is -1.54. The zero-order valence-corrected chi connectivity index (χ0v) is 14.9. The molecule has 2 aliphatic heterocycles. The molecule has 0 spiro atoms. The smallest absolute Gasteiger partial charge is 0.207 e. The van der Waals surface area contributed by atoms with Crippen LogP contribution in [0.25, 0.3) is 0 Å². The van der Waals surface area contributed by atoms with Crippen molar-refractivity contribution >= 4 is 0 Å². The van der Waals surface area contributed by atoms with Crippen molar-refractivity contribution in [1.29, 1.82) is 0 Å². The van der Waals surface area contributed by atoms with Gasteiger partial charge in [0.1, 0.15) is 17.2 Å². The van der Waals surface area contributed by atoms with Gasteiger partial charge in [0, 0.05) is 31.9 Å². The summed E-state index contributed by atoms with van der Waals surface area (Å²) in [6.45, 7) is 2.70. The van der Waals surface area contributed by atoms with Gasteiger partial charge in [0.2, 0.25) is 6.29 Å². The molecule has 0 aromatic heterocycles. The minimum absolute atomic E-state index is 0.0806. The molecule has 1 N–H and O–H groups in total. The number of hydrogen-bond acceptors (Lipinski definition) is 7. The minimum Gasteiger partial charge on any atom is -0.467 e. The molecule has 3 rings (SSSR count). The Balaban J connectivity index is 1.86. The van der Waals surface area contributed by atoms with E-state index in [1.807, 2.05) is 12.1 Å². The molecule has 0 radical (unpaired) electrons. The van der Waals surface area contributed by atoms with E-state index in [-0.39, 0.29) is 37.8 Å². The molecular weight excluding hydrogens is 328 g/mol. The van der Waals surface area contributed by atoms with Crippen molar-refractivity contribution in [2.24, 2.45) is 5.92 Å². The highest BCUT2D eigenvalue weighted by Crippen LogP contribution is 2.53. The largest absolute Gasteiger partial charge is 0.467 e. The van der Waals surface area contributed by atoms with E-state index in [2.05, 4.69) is 0 Å². The second kappa shape index (κ2) is 8.23. The predicted molar refractivity (Wildman–Crippen MR) is 89.0 cm³/mol. The van der Waals surface area contributed by atoms with Gasteiger partial charge in [-0.05, 0) is 25.7 Å². The molecular formula is C18H26O7. The van der Waals surface area contributed by atoms with Crippen LogP contribution in [0.3, 0.4) is 0 Å². The molecule has 140 valence electrons. The third-order valence-electron chi connectivity index (χ3n) is 4.56. The fraction of sp³-hybridized carbons (Fsp3) is 0.667. The molecule has 2 heterocycles. The van der Waals surface area contributed by atoms with Crippen molar-refractivity contribution < 1.29 is 33.5 Å². The summed E-state index contributed by atoms with van der Waals surface area (Å²) in [6.07, 6.45) is 0.954. The van der Waals surface area contributed by atoms with Crippen LogP contribution in [0, 0.1) is 5.92 Å². The molecule has 2 aliphatic rings. The Morgan fingerprint density at radius 1 is 1.20 bits per heavy atom. The van der Waals surface area contributed by atoms with Gasteiger partial charge in [0.05, 0.1) is 18.6 Å². The number of ether oxygens (including phenoxy) is 6. The van der Waals surface area contributed by atoms with Crippen LogP contribution in [0.4, 0.5) is 0 Å². The highest BCUT2D eigenvalue weighted by atomic mass is 16.7. The van der Waals surface area contributed by atoms with Gasteiger partial charge in [0.25, 0.3) is 0 Å². The van der Waals surface area contributed by atoms with E-state index in [1.54, 1.807) is 21.1 Å². The topological polar surface area (TPSA) is 75.6 Å². The number of rotatable bonds is 9. The van der Waals surface area contributed by atoms with Gasteiger partial charge in [-0.3, -0.25) is 0 Å². The normalized spacial score (nSPS) is 25.2. The van der Waals surface area contributed by atoms with Gasteiger partial charge in [-0.25, -0.2) is 0 Å². The molecule has 0 bridgehead atoms. The summed E-state index contributed by atoms with van der Waals surface area (Å²) in [5, 5.41) is 9.60. The van der Waals surface area contributed by atoms with Gasteiger partial charge in [0.15, 0.2) is 13.6 Å². The number of hydrogen-bond donors (Lipinski definition) is 1. The van der Waals surface area contributed by atoms with Crippen molar-refractivity contribution in [3.05, 3.63) is 17.7 Å². The average molecular weight is 354 g/mol. The summed E-state index contributed by atoms with van der Waals surface area (Å²) in [6, 6.07) is 3.66. The SMILES string of the molecule is COCOc1cc(OCOC)c2c(c1)O[C@H]1OC[C@H](CC[C@H](C)O)[C@@H]21. The Morgan fingerprint density at radius 2 is 1.96 bits per heavy atom. The Labute approximate surface area is 147 Å². The van der Waals surface area contributed by atoms with Crippen LogP contribution < -0.4 is 14.2 Å². The van der Waals surface area contributed by atoms with Gasteiger partial charge >= 0.3 is 0 Å². The van der Waals surface area contributed by atoms with E-state index in [1.165, 1.54) is 0 Å². The first kappa shape index (κ1) is 18.3. The lowest BCUT2D eigenvalue weighted by Gasteiger charge is -2.19. The lowest BCUT2D eigenvalue weighted by molar-refractivity contribution is -0.0343. The standard InChI is InChI=1S/C18H26O7/c1-11(19)4-5-12-8-22-18-16(12)17-14(24-10-21-3)6-13(23-9-20-2)7-15(17)25-18/h6-7,11-12,16,18-19H,4-5,8-10H2,1-3H3/t11-,12-,16-,18+/m0/s1. The van der Waals surface area contributed by atoms with Crippen molar-refractivity contribution in [1.82, 2.24) is 0 Å². The van der Waals surface area contributed by atoms with E-state index in [0.717, 1.165) is 18.4 Å². The highest BCUT2D eigenvalue weighted by molar-refractivity contribution is 5.55. The monoisotopic (exact) mass is 354 g/mol. The van der Waals surface area contributed by atoms with Crippen LogP contribution in [0.1, 0.15) is 31.2 Å². The lowest BCUT2D eigenvalue weighted by Crippen LogP contribution is -2.18. The summed E-state index contributed by atoms with van der Waals surface area (Å²) in [5.41, 5.74) is 0.986. The molecule has 0 unspecified atom stereocenters. The molecule has 1 aromatic carbocycles. The Bertz CT molecular complexity index is 575. The zero-order chi connectivity index (χ0) is 17.8. The van der Waals surface area contributed by atoms with Crippen LogP contribution in [-0.4, -0.2) is 51.9 Å². The van der Waals surface area contributed by atoms with Gasteiger partial charge in [-0.15, -0.1) is 0 Å². The summed E-state index contributed by atoms with van der Waals surface area (Å²) < 4.78 is 33.1. The number of methoxy groups -OCH3 is 2. The molecule has 0 saturated carbocycles. The third kappa shape index (κ3) is 4.00. The Kier molecular flexibility index (Phi) is 6.01. The average Bonchev–Trinajstić information content (AvgIpc) is 3.14. The van der Waals surface area contributed by atoms with E-state index in [9.17, 15) is 5.11 Å². The van der Waals surface area contributed by atoms with E-state index in [0.29, 0.717) is 23.9 Å². The zero-order valence-electron chi connectivity index (χ0n) is 14.9. The summed E-state index contributed by atoms with van der Waals surface area (Å²) in [4.78, 5) is 0. The van der Waals surface area contributed by atoms with E-state index in [4.69, 9.17) is 28.4 Å². The fourth-order valence-corrected chi connectivity index (χ4v) is 3.43. The number of fused-ring (bicyclic) bond motifs is 3. The molecule has 0 aliphatic carbocycles. The second-order valence-corrected chi connectivity index (χ2v) is 6.47. The van der Waals surface area contributed by atoms with Gasteiger partial charge < -0.3 is 33.5 Å². The third-order valence-corrected chi connectivity index (χ3v) is 4.56. The van der Waals surface area contributed by atoms with Crippen LogP contribution >= 0.6 is 0 Å². The second-order valence-electron chi connectivity index (χ2n) is 6.47. The van der Waals surface area contributed by atoms with Crippen LogP contribution in [0.15, 0.2) is 12.1 Å². The fourth-order valence-electron chi connectivity index (χ4n) is 3.43. The maximum Gasteiger partial charge on any atom is 0.207 e. The van der Waals surface area contributed by atoms with Gasteiger partial charge in [-0.2, -0.15) is 0 Å². The molecule has 7 heteroatoms. The summed E-state index contributed by atoms with van der Waals surface area (Å²) in [5.74, 6) is 2.34. The molecule has 1 fully saturated rings. The summed E-state index contributed by atoms with van der Waals surface area (Å²) >= 11 is 0. The van der Waals surface area contributed by atoms with Crippen LogP contribution in [0.5, 0.6) is 17.2 Å². The van der Waals surface area contributed by atoms with Crippen molar-refractivity contribution in [2.45, 2.75) is 38.1 Å². The molecule has 25 heavy (non-hydrogen) atoms. The van der Waals surface area contributed by atoms with Crippen molar-refractivity contribution in [2.75, 3.05) is 34.4 Å². The lowest BCUT2D eigenvalue weighted by atomic mass is 9.85. The van der Waals surface area contributed by atoms with Crippen LogP contribution in [-0.2, 0) is 14.2 Å². The molecule has 1 aromatic rings. The quantitative estimate of drug-likeness (QED) is 0.682. The highest BCUT2D eigenvalue weighted by Gasteiger charge is 2.47. The number of benzene rings is 1. The first-order valence-electron chi connectivity index (χ1n) is 8.51. The molecule has 0 amide bonds. The summed E-state index contributed by atoms with van der Waals surface area (Å²) in [7, 11) is 3.14. The molecule has 7 nitrogen and oxygen atoms in total. The maximum absolute atomic E-state index is 9.60. The molecule has 1 saturated heterocycles. The van der Waals surface area contributed by atoms with Crippen LogP contribution in [0.2, 0.25) is 0 Å². The van der Waals surface area contributed by atoms with Crippen molar-refractivity contribution in [3.63, 3.8) is 0 Å². The van der Waals surface area contributed by atoms with E-state index >= 15 is 0 Å². The molecule has 4 atom stereocenters. The van der Waals surface area contributed by atoms with Crippen molar-refractivity contribution in [3.8, 4) is 17.2 Å². The maximum atomic E-state index is 9.60. The number of aliphatic hydroxyl groups excluding tert-OH is 1. The first-order chi connectivity index (χ1) is 12.1. The Morgan fingerprint density at radius 3 is 2.68 bits per heavy atom. The number of aliphatic hydroxyl groups is 1. The van der Waals surface area contributed by atoms with Gasteiger partial charge in [-0.1, -0.05) is 0 Å². The minimum atomic E-state index is -0.324. The van der Waals surface area contributed by atoms with E-state index < -0.39 is 0 Å².